The van der Waals surface area contributed by atoms with E-state index in [0.717, 1.165) is 23.8 Å². The number of pyridine rings is 1. The monoisotopic (exact) mass is 220 g/mol. The molecule has 0 bridgehead atoms. The summed E-state index contributed by atoms with van der Waals surface area (Å²) in [6, 6.07) is 3.94. The fourth-order valence-corrected chi connectivity index (χ4v) is 2.03. The van der Waals surface area contributed by atoms with E-state index in [2.05, 4.69) is 16.9 Å². The van der Waals surface area contributed by atoms with Crippen LogP contribution in [0.1, 0.15) is 37.9 Å². The van der Waals surface area contributed by atoms with Crippen LogP contribution < -0.4 is 4.90 Å². The fourth-order valence-electron chi connectivity index (χ4n) is 2.03. The second kappa shape index (κ2) is 4.83. The maximum absolute atomic E-state index is 9.39. The summed E-state index contributed by atoms with van der Waals surface area (Å²) in [6.07, 6.45) is 5.43. The molecular weight excluding hydrogens is 200 g/mol. The minimum Gasteiger partial charge on any atom is -0.389 e. The van der Waals surface area contributed by atoms with E-state index in [9.17, 15) is 5.11 Å². The van der Waals surface area contributed by atoms with Crippen LogP contribution in [0.3, 0.4) is 0 Å². The molecule has 0 radical (unpaired) electrons. The van der Waals surface area contributed by atoms with E-state index < -0.39 is 6.10 Å². The van der Waals surface area contributed by atoms with Crippen molar-refractivity contribution in [1.82, 2.24) is 4.98 Å². The molecule has 0 saturated heterocycles. The van der Waals surface area contributed by atoms with Gasteiger partial charge in [-0.25, -0.2) is 4.98 Å². The van der Waals surface area contributed by atoms with Crippen LogP contribution in [-0.4, -0.2) is 23.7 Å². The van der Waals surface area contributed by atoms with Crippen LogP contribution in [0.2, 0.25) is 0 Å². The van der Waals surface area contributed by atoms with E-state index in [4.69, 9.17) is 0 Å². The molecule has 88 valence electrons. The molecule has 1 aliphatic carbocycles. The van der Waals surface area contributed by atoms with Gasteiger partial charge in [-0.15, -0.1) is 0 Å². The van der Waals surface area contributed by atoms with Gasteiger partial charge in [-0.2, -0.15) is 0 Å². The SMILES string of the molecule is C[C@@H](O)c1ccc(N(C)CC2CCC2)nc1. The zero-order valence-corrected chi connectivity index (χ0v) is 10.1. The molecule has 1 aliphatic rings. The molecule has 16 heavy (non-hydrogen) atoms. The highest BCUT2D eigenvalue weighted by molar-refractivity contribution is 5.38. The Balaban J connectivity index is 1.97. The first-order chi connectivity index (χ1) is 7.66. The molecule has 0 aromatic carbocycles. The zero-order chi connectivity index (χ0) is 11.5. The van der Waals surface area contributed by atoms with Gasteiger partial charge in [0, 0.05) is 19.8 Å². The van der Waals surface area contributed by atoms with Crippen molar-refractivity contribution in [1.29, 1.82) is 0 Å². The first-order valence-corrected chi connectivity index (χ1v) is 6.02. The second-order valence-corrected chi connectivity index (χ2v) is 4.80. The van der Waals surface area contributed by atoms with Crippen LogP contribution in [0, 0.1) is 5.92 Å². The molecule has 0 unspecified atom stereocenters. The van der Waals surface area contributed by atoms with Gasteiger partial charge < -0.3 is 10.0 Å². The summed E-state index contributed by atoms with van der Waals surface area (Å²) < 4.78 is 0. The van der Waals surface area contributed by atoms with Crippen molar-refractivity contribution in [2.45, 2.75) is 32.3 Å². The van der Waals surface area contributed by atoms with E-state index in [-0.39, 0.29) is 0 Å². The van der Waals surface area contributed by atoms with Crippen molar-refractivity contribution in [3.63, 3.8) is 0 Å². The molecule has 2 rings (SSSR count). The highest BCUT2D eigenvalue weighted by Crippen LogP contribution is 2.28. The van der Waals surface area contributed by atoms with Crippen LogP contribution in [0.25, 0.3) is 0 Å². The molecule has 1 aromatic rings. The summed E-state index contributed by atoms with van der Waals surface area (Å²) in [5, 5.41) is 9.39. The molecule has 1 aromatic heterocycles. The molecule has 3 heteroatoms. The van der Waals surface area contributed by atoms with Crippen LogP contribution >= 0.6 is 0 Å². The Kier molecular flexibility index (Phi) is 3.44. The Bertz CT molecular complexity index is 330. The normalized spacial score (nSPS) is 17.9. The van der Waals surface area contributed by atoms with Gasteiger partial charge in [-0.1, -0.05) is 12.5 Å². The van der Waals surface area contributed by atoms with Crippen molar-refractivity contribution in [2.75, 3.05) is 18.5 Å². The van der Waals surface area contributed by atoms with E-state index in [1.807, 2.05) is 12.1 Å². The van der Waals surface area contributed by atoms with Gasteiger partial charge in [0.2, 0.25) is 0 Å². The molecule has 0 amide bonds. The van der Waals surface area contributed by atoms with Gasteiger partial charge in [-0.3, -0.25) is 0 Å². The van der Waals surface area contributed by atoms with Gasteiger partial charge in [0.25, 0.3) is 0 Å². The summed E-state index contributed by atoms with van der Waals surface area (Å²) in [5.74, 6) is 1.85. The maximum atomic E-state index is 9.39. The molecule has 1 fully saturated rings. The highest BCUT2D eigenvalue weighted by atomic mass is 16.3. The minimum absolute atomic E-state index is 0.432. The lowest BCUT2D eigenvalue weighted by molar-refractivity contribution is 0.199. The zero-order valence-electron chi connectivity index (χ0n) is 10.1. The number of anilines is 1. The third-order valence-corrected chi connectivity index (χ3v) is 3.40. The van der Waals surface area contributed by atoms with Gasteiger partial charge in [0.15, 0.2) is 0 Å². The van der Waals surface area contributed by atoms with Gasteiger partial charge in [0.05, 0.1) is 6.10 Å². The Morgan fingerprint density at radius 3 is 2.69 bits per heavy atom. The minimum atomic E-state index is -0.432. The van der Waals surface area contributed by atoms with E-state index in [1.165, 1.54) is 19.3 Å². The number of hydrogen-bond donors (Lipinski definition) is 1. The first-order valence-electron chi connectivity index (χ1n) is 6.02. The van der Waals surface area contributed by atoms with Crippen molar-refractivity contribution in [3.8, 4) is 0 Å². The number of hydrogen-bond acceptors (Lipinski definition) is 3. The molecule has 1 heterocycles. The summed E-state index contributed by atoms with van der Waals surface area (Å²) in [7, 11) is 2.09. The quantitative estimate of drug-likeness (QED) is 0.846. The van der Waals surface area contributed by atoms with Gasteiger partial charge in [-0.05, 0) is 37.3 Å². The van der Waals surface area contributed by atoms with Crippen molar-refractivity contribution in [3.05, 3.63) is 23.9 Å². The van der Waals surface area contributed by atoms with Gasteiger partial charge in [0.1, 0.15) is 5.82 Å². The van der Waals surface area contributed by atoms with E-state index in [1.54, 1.807) is 13.1 Å². The predicted molar refractivity (Wildman–Crippen MR) is 65.5 cm³/mol. The predicted octanol–water partition coefficient (Wildman–Crippen LogP) is 2.37. The first kappa shape index (κ1) is 11.4. The van der Waals surface area contributed by atoms with Crippen molar-refractivity contribution in [2.24, 2.45) is 5.92 Å². The van der Waals surface area contributed by atoms with Crippen molar-refractivity contribution < 1.29 is 5.11 Å². The Morgan fingerprint density at radius 2 is 2.25 bits per heavy atom. The van der Waals surface area contributed by atoms with Crippen LogP contribution in [-0.2, 0) is 0 Å². The second-order valence-electron chi connectivity index (χ2n) is 4.80. The summed E-state index contributed by atoms with van der Waals surface area (Å²) in [4.78, 5) is 6.58. The lowest BCUT2D eigenvalue weighted by Gasteiger charge is -2.30. The topological polar surface area (TPSA) is 36.4 Å². The number of aromatic nitrogens is 1. The van der Waals surface area contributed by atoms with Crippen LogP contribution in [0.15, 0.2) is 18.3 Å². The molecule has 1 atom stereocenters. The third kappa shape index (κ3) is 2.53. The van der Waals surface area contributed by atoms with E-state index >= 15 is 0 Å². The summed E-state index contributed by atoms with van der Waals surface area (Å²) >= 11 is 0. The molecule has 1 saturated carbocycles. The Hall–Kier alpha value is -1.09. The highest BCUT2D eigenvalue weighted by Gasteiger charge is 2.19. The largest absolute Gasteiger partial charge is 0.389 e. The van der Waals surface area contributed by atoms with E-state index in [0.29, 0.717) is 0 Å². The molecule has 1 N–H and O–H groups in total. The smallest absolute Gasteiger partial charge is 0.128 e. The summed E-state index contributed by atoms with van der Waals surface area (Å²) in [5.41, 5.74) is 0.876. The average molecular weight is 220 g/mol. The number of nitrogens with zero attached hydrogens (tertiary/aromatic N) is 2. The summed E-state index contributed by atoms with van der Waals surface area (Å²) in [6.45, 7) is 2.86. The molecule has 0 spiro atoms. The molecule has 3 nitrogen and oxygen atoms in total. The van der Waals surface area contributed by atoms with Crippen LogP contribution in [0.5, 0.6) is 0 Å². The maximum Gasteiger partial charge on any atom is 0.128 e. The Morgan fingerprint density at radius 1 is 1.50 bits per heavy atom. The molecular formula is C13H20N2O. The van der Waals surface area contributed by atoms with Crippen LogP contribution in [0.4, 0.5) is 5.82 Å². The number of aliphatic hydroxyl groups excluding tert-OH is 1. The standard InChI is InChI=1S/C13H20N2O/c1-10(16)12-6-7-13(14-8-12)15(2)9-11-4-3-5-11/h6-8,10-11,16H,3-5,9H2,1-2H3/t10-/m1/s1. The number of aliphatic hydroxyl groups is 1. The fraction of sp³-hybridized carbons (Fsp3) is 0.615. The lowest BCUT2D eigenvalue weighted by atomic mass is 9.85. The Labute approximate surface area is 97.1 Å². The number of rotatable bonds is 4. The third-order valence-electron chi connectivity index (χ3n) is 3.40. The van der Waals surface area contributed by atoms with Gasteiger partial charge >= 0.3 is 0 Å². The van der Waals surface area contributed by atoms with Crippen molar-refractivity contribution >= 4 is 5.82 Å². The average Bonchev–Trinajstić information content (AvgIpc) is 2.23. The lowest BCUT2D eigenvalue weighted by Crippen LogP contribution is -2.29. The molecule has 0 aliphatic heterocycles.